The first kappa shape index (κ1) is 25.6. The van der Waals surface area contributed by atoms with Gasteiger partial charge in [-0.3, -0.25) is 9.59 Å². The molecule has 0 bridgehead atoms. The van der Waals surface area contributed by atoms with Crippen LogP contribution in [0.25, 0.3) is 0 Å². The van der Waals surface area contributed by atoms with Gasteiger partial charge in [-0.25, -0.2) is 0 Å². The molecule has 1 N–H and O–H groups in total. The third-order valence-electron chi connectivity index (χ3n) is 5.08. The zero-order valence-corrected chi connectivity index (χ0v) is 20.6. The van der Waals surface area contributed by atoms with Crippen LogP contribution in [0, 0.1) is 0 Å². The highest BCUT2D eigenvalue weighted by Gasteiger charge is 2.29. The van der Waals surface area contributed by atoms with Crippen LogP contribution < -0.4 is 5.32 Å². The van der Waals surface area contributed by atoms with E-state index in [4.69, 9.17) is 23.2 Å². The van der Waals surface area contributed by atoms with E-state index >= 15 is 0 Å². The summed E-state index contributed by atoms with van der Waals surface area (Å²) >= 11 is 13.9. The molecule has 0 aromatic heterocycles. The van der Waals surface area contributed by atoms with Crippen molar-refractivity contribution in [1.29, 1.82) is 0 Å². The minimum Gasteiger partial charge on any atom is -0.352 e. The zero-order chi connectivity index (χ0) is 22.8. The molecule has 0 heterocycles. The van der Waals surface area contributed by atoms with E-state index < -0.39 is 6.04 Å². The molecule has 2 atom stereocenters. The van der Waals surface area contributed by atoms with Crippen molar-refractivity contribution < 1.29 is 9.59 Å². The van der Waals surface area contributed by atoms with Gasteiger partial charge in [-0.15, -0.1) is 11.8 Å². The Hall–Kier alpha value is -1.69. The minimum absolute atomic E-state index is 0.0549. The quantitative estimate of drug-likeness (QED) is 0.389. The SMILES string of the molecule is CC[C@H](C)NC(=O)[C@H](CC)N(Cc1ccccc1Cl)C(=O)CCSc1ccc(Cl)cc1. The average molecular weight is 481 g/mol. The predicted molar refractivity (Wildman–Crippen MR) is 131 cm³/mol. The number of thioether (sulfide) groups is 1. The van der Waals surface area contributed by atoms with Crippen LogP contribution in [-0.2, 0) is 16.1 Å². The lowest BCUT2D eigenvalue weighted by Crippen LogP contribution is -2.50. The summed E-state index contributed by atoms with van der Waals surface area (Å²) in [5.74, 6) is 0.429. The van der Waals surface area contributed by atoms with Crippen molar-refractivity contribution in [2.75, 3.05) is 5.75 Å². The third-order valence-corrected chi connectivity index (χ3v) is 6.72. The monoisotopic (exact) mass is 480 g/mol. The second-order valence-electron chi connectivity index (χ2n) is 7.41. The average Bonchev–Trinajstić information content (AvgIpc) is 2.76. The number of carbonyl (C=O) groups is 2. The number of benzene rings is 2. The molecule has 0 spiro atoms. The Bertz CT molecular complexity index is 861. The summed E-state index contributed by atoms with van der Waals surface area (Å²) in [6, 6.07) is 14.5. The van der Waals surface area contributed by atoms with Crippen LogP contribution in [0.4, 0.5) is 0 Å². The molecule has 2 aromatic carbocycles. The molecule has 0 aliphatic heterocycles. The molecule has 168 valence electrons. The molecule has 0 aliphatic rings. The number of nitrogens with one attached hydrogen (secondary N) is 1. The summed E-state index contributed by atoms with van der Waals surface area (Å²) in [6.45, 7) is 6.22. The summed E-state index contributed by atoms with van der Waals surface area (Å²) in [7, 11) is 0. The number of hydrogen-bond acceptors (Lipinski definition) is 3. The van der Waals surface area contributed by atoms with Crippen LogP contribution in [0.2, 0.25) is 10.0 Å². The van der Waals surface area contributed by atoms with E-state index in [-0.39, 0.29) is 17.9 Å². The van der Waals surface area contributed by atoms with Gasteiger partial charge < -0.3 is 10.2 Å². The van der Waals surface area contributed by atoms with Crippen molar-refractivity contribution in [2.24, 2.45) is 0 Å². The molecule has 2 amide bonds. The van der Waals surface area contributed by atoms with Crippen LogP contribution in [0.15, 0.2) is 53.4 Å². The van der Waals surface area contributed by atoms with Crippen molar-refractivity contribution in [3.63, 3.8) is 0 Å². The van der Waals surface area contributed by atoms with Gasteiger partial charge in [0, 0.05) is 39.7 Å². The lowest BCUT2D eigenvalue weighted by Gasteiger charge is -2.31. The first-order chi connectivity index (χ1) is 14.8. The smallest absolute Gasteiger partial charge is 0.243 e. The number of hydrogen-bond donors (Lipinski definition) is 1. The number of nitrogens with zero attached hydrogens (tertiary/aromatic N) is 1. The summed E-state index contributed by atoms with van der Waals surface area (Å²) in [4.78, 5) is 28.9. The predicted octanol–water partition coefficient (Wildman–Crippen LogP) is 6.20. The van der Waals surface area contributed by atoms with Crippen molar-refractivity contribution in [1.82, 2.24) is 10.2 Å². The highest BCUT2D eigenvalue weighted by molar-refractivity contribution is 7.99. The van der Waals surface area contributed by atoms with Crippen molar-refractivity contribution in [3.8, 4) is 0 Å². The second-order valence-corrected chi connectivity index (χ2v) is 9.42. The molecule has 7 heteroatoms. The standard InChI is InChI=1S/C24H30Cl2N2O2S/c1-4-17(3)27-24(30)22(5-2)28(16-18-8-6-7-9-21(18)26)23(29)14-15-31-20-12-10-19(25)11-13-20/h6-13,17,22H,4-5,14-16H2,1-3H3,(H,27,30)/t17-,22-/m0/s1. The van der Waals surface area contributed by atoms with E-state index in [2.05, 4.69) is 5.32 Å². The molecule has 2 aromatic rings. The van der Waals surface area contributed by atoms with Gasteiger partial charge in [0.05, 0.1) is 0 Å². The maximum atomic E-state index is 13.2. The van der Waals surface area contributed by atoms with E-state index in [0.29, 0.717) is 35.2 Å². The zero-order valence-electron chi connectivity index (χ0n) is 18.2. The molecular formula is C24H30Cl2N2O2S. The van der Waals surface area contributed by atoms with Crippen LogP contribution in [-0.4, -0.2) is 34.6 Å². The molecule has 31 heavy (non-hydrogen) atoms. The van der Waals surface area contributed by atoms with E-state index in [0.717, 1.165) is 16.9 Å². The van der Waals surface area contributed by atoms with Gasteiger partial charge in [0.2, 0.25) is 11.8 Å². The van der Waals surface area contributed by atoms with E-state index in [1.165, 1.54) is 0 Å². The highest BCUT2D eigenvalue weighted by Crippen LogP contribution is 2.23. The first-order valence-electron chi connectivity index (χ1n) is 10.6. The molecule has 4 nitrogen and oxygen atoms in total. The normalized spacial score (nSPS) is 12.8. The van der Waals surface area contributed by atoms with E-state index in [1.54, 1.807) is 22.7 Å². The molecule has 2 rings (SSSR count). The Morgan fingerprint density at radius 2 is 1.71 bits per heavy atom. The van der Waals surface area contributed by atoms with Gasteiger partial charge in [-0.2, -0.15) is 0 Å². The Balaban J connectivity index is 2.14. The molecule has 0 saturated heterocycles. The van der Waals surface area contributed by atoms with Crippen molar-refractivity contribution in [3.05, 3.63) is 64.1 Å². The fourth-order valence-electron chi connectivity index (χ4n) is 3.10. The Morgan fingerprint density at radius 1 is 1.03 bits per heavy atom. The number of halogens is 2. The summed E-state index contributed by atoms with van der Waals surface area (Å²) in [5.41, 5.74) is 0.831. The van der Waals surface area contributed by atoms with Crippen LogP contribution in [0.1, 0.15) is 45.6 Å². The molecule has 0 saturated carbocycles. The lowest BCUT2D eigenvalue weighted by molar-refractivity contribution is -0.141. The summed E-state index contributed by atoms with van der Waals surface area (Å²) in [6.07, 6.45) is 1.69. The minimum atomic E-state index is -0.543. The molecule has 0 radical (unpaired) electrons. The van der Waals surface area contributed by atoms with Crippen molar-refractivity contribution >= 4 is 46.8 Å². The fourth-order valence-corrected chi connectivity index (χ4v) is 4.26. The maximum Gasteiger partial charge on any atom is 0.243 e. The summed E-state index contributed by atoms with van der Waals surface area (Å²) < 4.78 is 0. The molecule has 0 fully saturated rings. The van der Waals surface area contributed by atoms with E-state index in [9.17, 15) is 9.59 Å². The largest absolute Gasteiger partial charge is 0.352 e. The maximum absolute atomic E-state index is 13.2. The van der Waals surface area contributed by atoms with Crippen LogP contribution >= 0.6 is 35.0 Å². The topological polar surface area (TPSA) is 49.4 Å². The Labute approximate surface area is 199 Å². The first-order valence-corrected chi connectivity index (χ1v) is 12.3. The number of amides is 2. The lowest BCUT2D eigenvalue weighted by atomic mass is 10.1. The van der Waals surface area contributed by atoms with E-state index in [1.807, 2.05) is 63.2 Å². The Morgan fingerprint density at radius 3 is 2.32 bits per heavy atom. The fraction of sp³-hybridized carbons (Fsp3) is 0.417. The second kappa shape index (κ2) is 13.0. The van der Waals surface area contributed by atoms with Gasteiger partial charge in [-0.05, 0) is 55.7 Å². The number of carbonyl (C=O) groups excluding carboxylic acids is 2. The van der Waals surface area contributed by atoms with Gasteiger partial charge in [0.1, 0.15) is 6.04 Å². The third kappa shape index (κ3) is 8.06. The molecule has 0 aliphatic carbocycles. The van der Waals surface area contributed by atoms with Crippen molar-refractivity contribution in [2.45, 2.75) is 63.6 Å². The summed E-state index contributed by atoms with van der Waals surface area (Å²) in [5, 5.41) is 4.30. The van der Waals surface area contributed by atoms with Gasteiger partial charge in [0.15, 0.2) is 0 Å². The van der Waals surface area contributed by atoms with Gasteiger partial charge in [0.25, 0.3) is 0 Å². The van der Waals surface area contributed by atoms with Gasteiger partial charge in [-0.1, -0.05) is 55.2 Å². The van der Waals surface area contributed by atoms with Crippen LogP contribution in [0.3, 0.4) is 0 Å². The molecular weight excluding hydrogens is 451 g/mol. The molecule has 0 unspecified atom stereocenters. The van der Waals surface area contributed by atoms with Gasteiger partial charge >= 0.3 is 0 Å². The van der Waals surface area contributed by atoms with Crippen LogP contribution in [0.5, 0.6) is 0 Å². The number of rotatable bonds is 11. The highest BCUT2D eigenvalue weighted by atomic mass is 35.5. The Kier molecular flexibility index (Phi) is 10.7.